The first-order valence-corrected chi connectivity index (χ1v) is 8.35. The number of hydrogen-bond acceptors (Lipinski definition) is 4. The van der Waals surface area contributed by atoms with E-state index in [1.165, 1.54) is 12.1 Å². The molecule has 0 atom stereocenters. The van der Waals surface area contributed by atoms with Crippen LogP contribution in [0.3, 0.4) is 0 Å². The van der Waals surface area contributed by atoms with Crippen molar-refractivity contribution in [3.63, 3.8) is 0 Å². The minimum Gasteiger partial charge on any atom is -0.483 e. The standard InChI is InChI=1S/C19H20N2O4/c22-19(20-10-4-5-11-20)14-25-18-9-8-17(21(23)24)13-16(18)12-15-6-2-1-3-7-15/h1-3,6-9,13H,4-5,10-12,14H2. The van der Waals surface area contributed by atoms with Crippen molar-refractivity contribution in [1.82, 2.24) is 4.90 Å². The molecule has 6 heteroatoms. The molecule has 2 aromatic rings. The first-order chi connectivity index (χ1) is 12.1. The number of hydrogen-bond donors (Lipinski definition) is 0. The van der Waals surface area contributed by atoms with Crippen LogP contribution in [-0.2, 0) is 11.2 Å². The molecule has 1 amide bonds. The van der Waals surface area contributed by atoms with Gasteiger partial charge in [0.05, 0.1) is 4.92 Å². The summed E-state index contributed by atoms with van der Waals surface area (Å²) in [5.74, 6) is 0.475. The number of nitrogens with zero attached hydrogens (tertiary/aromatic N) is 2. The minimum atomic E-state index is -0.423. The molecule has 1 saturated heterocycles. The van der Waals surface area contributed by atoms with Crippen LogP contribution in [0.25, 0.3) is 0 Å². The number of ether oxygens (including phenoxy) is 1. The molecular weight excluding hydrogens is 320 g/mol. The minimum absolute atomic E-state index is 0.0177. The summed E-state index contributed by atoms with van der Waals surface area (Å²) < 4.78 is 5.70. The number of carbonyl (C=O) groups is 1. The van der Waals surface area contributed by atoms with E-state index >= 15 is 0 Å². The molecule has 2 aromatic carbocycles. The average Bonchev–Trinajstić information content (AvgIpc) is 3.16. The maximum absolute atomic E-state index is 12.2. The monoisotopic (exact) mass is 340 g/mol. The van der Waals surface area contributed by atoms with Crippen LogP contribution in [0.15, 0.2) is 48.5 Å². The predicted octanol–water partition coefficient (Wildman–Crippen LogP) is 3.19. The smallest absolute Gasteiger partial charge is 0.269 e. The van der Waals surface area contributed by atoms with Crippen molar-refractivity contribution < 1.29 is 14.5 Å². The Balaban J connectivity index is 1.77. The summed E-state index contributed by atoms with van der Waals surface area (Å²) >= 11 is 0. The van der Waals surface area contributed by atoms with E-state index in [-0.39, 0.29) is 18.2 Å². The summed E-state index contributed by atoms with van der Waals surface area (Å²) in [4.78, 5) is 24.6. The van der Waals surface area contributed by atoms with Crippen LogP contribution >= 0.6 is 0 Å². The van der Waals surface area contributed by atoms with Gasteiger partial charge in [0.25, 0.3) is 11.6 Å². The lowest BCUT2D eigenvalue weighted by molar-refractivity contribution is -0.384. The highest BCUT2D eigenvalue weighted by Gasteiger charge is 2.19. The number of nitro groups is 1. The van der Waals surface area contributed by atoms with Gasteiger partial charge in [0, 0.05) is 37.2 Å². The Bertz CT molecular complexity index is 755. The fraction of sp³-hybridized carbons (Fsp3) is 0.316. The number of rotatable bonds is 6. The second-order valence-corrected chi connectivity index (χ2v) is 6.09. The van der Waals surface area contributed by atoms with Gasteiger partial charge in [-0.05, 0) is 24.5 Å². The van der Waals surface area contributed by atoms with Crippen LogP contribution in [0.1, 0.15) is 24.0 Å². The van der Waals surface area contributed by atoms with E-state index in [9.17, 15) is 14.9 Å². The van der Waals surface area contributed by atoms with Gasteiger partial charge >= 0.3 is 0 Å². The Kier molecular flexibility index (Phi) is 5.28. The summed E-state index contributed by atoms with van der Waals surface area (Å²) in [6.45, 7) is 1.51. The number of likely N-dealkylation sites (tertiary alicyclic amines) is 1. The van der Waals surface area contributed by atoms with Crippen molar-refractivity contribution in [2.75, 3.05) is 19.7 Å². The number of carbonyl (C=O) groups excluding carboxylic acids is 1. The highest BCUT2D eigenvalue weighted by molar-refractivity contribution is 5.78. The molecule has 3 rings (SSSR count). The zero-order chi connectivity index (χ0) is 17.6. The van der Waals surface area contributed by atoms with E-state index in [4.69, 9.17) is 4.74 Å². The molecule has 0 radical (unpaired) electrons. The van der Waals surface area contributed by atoms with Gasteiger partial charge < -0.3 is 9.64 Å². The third-order valence-corrected chi connectivity index (χ3v) is 4.30. The van der Waals surface area contributed by atoms with Crippen LogP contribution in [0, 0.1) is 10.1 Å². The van der Waals surface area contributed by atoms with E-state index in [1.807, 2.05) is 30.3 Å². The van der Waals surface area contributed by atoms with Crippen LogP contribution in [0.2, 0.25) is 0 Å². The van der Waals surface area contributed by atoms with Gasteiger partial charge in [0.2, 0.25) is 0 Å². The van der Waals surface area contributed by atoms with Crippen LogP contribution in [-0.4, -0.2) is 35.4 Å². The summed E-state index contributed by atoms with van der Waals surface area (Å²) in [5.41, 5.74) is 1.75. The molecular formula is C19H20N2O4. The predicted molar refractivity (Wildman–Crippen MR) is 93.7 cm³/mol. The normalized spacial score (nSPS) is 13.7. The van der Waals surface area contributed by atoms with Crippen molar-refractivity contribution in [3.8, 4) is 5.75 Å². The van der Waals surface area contributed by atoms with E-state index in [0.29, 0.717) is 17.7 Å². The van der Waals surface area contributed by atoms with Crippen molar-refractivity contribution in [2.45, 2.75) is 19.3 Å². The SMILES string of the molecule is O=C(COc1ccc([N+](=O)[O-])cc1Cc1ccccc1)N1CCCC1. The van der Waals surface area contributed by atoms with Crippen molar-refractivity contribution in [3.05, 3.63) is 69.8 Å². The Morgan fingerprint density at radius 1 is 1.12 bits per heavy atom. The van der Waals surface area contributed by atoms with Crippen molar-refractivity contribution in [1.29, 1.82) is 0 Å². The molecule has 0 aromatic heterocycles. The largest absolute Gasteiger partial charge is 0.483 e. The number of benzene rings is 2. The zero-order valence-electron chi connectivity index (χ0n) is 13.9. The molecule has 0 saturated carbocycles. The average molecular weight is 340 g/mol. The lowest BCUT2D eigenvalue weighted by Crippen LogP contribution is -2.32. The highest BCUT2D eigenvalue weighted by Crippen LogP contribution is 2.27. The maximum Gasteiger partial charge on any atom is 0.269 e. The second-order valence-electron chi connectivity index (χ2n) is 6.09. The molecule has 0 spiro atoms. The molecule has 1 aliphatic rings. The van der Waals surface area contributed by atoms with Crippen LogP contribution in [0.4, 0.5) is 5.69 Å². The van der Waals surface area contributed by atoms with Crippen LogP contribution in [0.5, 0.6) is 5.75 Å². The first kappa shape index (κ1) is 17.0. The van der Waals surface area contributed by atoms with Crippen LogP contribution < -0.4 is 4.74 Å². The second kappa shape index (κ2) is 7.79. The van der Waals surface area contributed by atoms with E-state index in [2.05, 4.69) is 0 Å². The van der Waals surface area contributed by atoms with E-state index in [1.54, 1.807) is 11.0 Å². The Hall–Kier alpha value is -2.89. The van der Waals surface area contributed by atoms with Gasteiger partial charge in [0.15, 0.2) is 6.61 Å². The Morgan fingerprint density at radius 3 is 2.52 bits per heavy atom. The van der Waals surface area contributed by atoms with Gasteiger partial charge in [-0.25, -0.2) is 0 Å². The molecule has 0 bridgehead atoms. The molecule has 0 aliphatic carbocycles. The number of nitro benzene ring substituents is 1. The summed E-state index contributed by atoms with van der Waals surface area (Å²) in [6.07, 6.45) is 2.57. The Labute approximate surface area is 146 Å². The van der Waals surface area contributed by atoms with Gasteiger partial charge in [-0.2, -0.15) is 0 Å². The summed E-state index contributed by atoms with van der Waals surface area (Å²) in [7, 11) is 0. The van der Waals surface area contributed by atoms with Crippen molar-refractivity contribution >= 4 is 11.6 Å². The lowest BCUT2D eigenvalue weighted by atomic mass is 10.0. The molecule has 1 heterocycles. The summed E-state index contributed by atoms with van der Waals surface area (Å²) in [6, 6.07) is 14.2. The van der Waals surface area contributed by atoms with E-state index in [0.717, 1.165) is 31.5 Å². The quantitative estimate of drug-likeness (QED) is 0.598. The van der Waals surface area contributed by atoms with Gasteiger partial charge in [-0.1, -0.05) is 30.3 Å². The molecule has 1 aliphatic heterocycles. The fourth-order valence-electron chi connectivity index (χ4n) is 2.97. The lowest BCUT2D eigenvalue weighted by Gasteiger charge is -2.17. The molecule has 0 N–H and O–H groups in total. The molecule has 25 heavy (non-hydrogen) atoms. The highest BCUT2D eigenvalue weighted by atomic mass is 16.6. The van der Waals surface area contributed by atoms with Crippen molar-refractivity contribution in [2.24, 2.45) is 0 Å². The van der Waals surface area contributed by atoms with Gasteiger partial charge in [0.1, 0.15) is 5.75 Å². The van der Waals surface area contributed by atoms with E-state index < -0.39 is 4.92 Å². The molecule has 130 valence electrons. The topological polar surface area (TPSA) is 72.7 Å². The molecule has 0 unspecified atom stereocenters. The van der Waals surface area contributed by atoms with Gasteiger partial charge in [-0.15, -0.1) is 0 Å². The third-order valence-electron chi connectivity index (χ3n) is 4.30. The first-order valence-electron chi connectivity index (χ1n) is 8.35. The fourth-order valence-corrected chi connectivity index (χ4v) is 2.97. The molecule has 6 nitrogen and oxygen atoms in total. The number of amides is 1. The zero-order valence-corrected chi connectivity index (χ0v) is 13.9. The Morgan fingerprint density at radius 2 is 1.84 bits per heavy atom. The number of non-ortho nitro benzene ring substituents is 1. The molecule has 1 fully saturated rings. The third kappa shape index (κ3) is 4.35. The summed E-state index contributed by atoms with van der Waals surface area (Å²) in [5, 5.41) is 11.1. The maximum atomic E-state index is 12.2. The van der Waals surface area contributed by atoms with Gasteiger partial charge in [-0.3, -0.25) is 14.9 Å².